The quantitative estimate of drug-likeness (QED) is 0.827. The van der Waals surface area contributed by atoms with Crippen LogP contribution in [0, 0.1) is 0 Å². The molecule has 0 bridgehead atoms. The van der Waals surface area contributed by atoms with Crippen molar-refractivity contribution in [3.63, 3.8) is 0 Å². The third-order valence-corrected chi connectivity index (χ3v) is 6.64. The first-order chi connectivity index (χ1) is 12.4. The fourth-order valence-corrected chi connectivity index (χ4v) is 4.63. The molecule has 0 unspecified atom stereocenters. The minimum Gasteiger partial charge on any atom is -0.497 e. The number of sulfonamides is 1. The maximum absolute atomic E-state index is 12.9. The summed E-state index contributed by atoms with van der Waals surface area (Å²) in [7, 11) is -2.10. The van der Waals surface area contributed by atoms with Crippen LogP contribution >= 0.6 is 0 Å². The van der Waals surface area contributed by atoms with E-state index in [1.165, 1.54) is 0 Å². The number of para-hydroxylation sites is 1. The van der Waals surface area contributed by atoms with Crippen molar-refractivity contribution in [3.8, 4) is 11.5 Å². The number of nitrogens with one attached hydrogen (secondary N) is 1. The van der Waals surface area contributed by atoms with Crippen LogP contribution in [0.3, 0.4) is 0 Å². The predicted octanol–water partition coefficient (Wildman–Crippen LogP) is 4.06. The molecule has 0 amide bonds. The molecular weight excluding hydrogens is 350 g/mol. The standard InChI is InChI=1S/C20H25NO4S/c1-4-20(5-2)14-18(17-8-6-7-9-19(17)25-20)21-26(22,23)16-12-10-15(24-3)11-13-16/h6-13,18,21H,4-5,14H2,1-3H3/t18-/m0/s1. The Morgan fingerprint density at radius 2 is 1.77 bits per heavy atom. The molecule has 26 heavy (non-hydrogen) atoms. The van der Waals surface area contributed by atoms with Crippen LogP contribution in [-0.4, -0.2) is 21.1 Å². The fraction of sp³-hybridized carbons (Fsp3) is 0.400. The number of fused-ring (bicyclic) bond motifs is 1. The first-order valence-electron chi connectivity index (χ1n) is 8.87. The summed E-state index contributed by atoms with van der Waals surface area (Å²) in [5.74, 6) is 1.38. The van der Waals surface area contributed by atoms with E-state index in [0.29, 0.717) is 12.2 Å². The highest BCUT2D eigenvalue weighted by Crippen LogP contribution is 2.43. The highest BCUT2D eigenvalue weighted by molar-refractivity contribution is 7.89. The van der Waals surface area contributed by atoms with Crippen molar-refractivity contribution in [3.05, 3.63) is 54.1 Å². The van der Waals surface area contributed by atoms with Crippen molar-refractivity contribution in [2.24, 2.45) is 0 Å². The molecule has 0 aliphatic carbocycles. The van der Waals surface area contributed by atoms with Gasteiger partial charge in [-0.2, -0.15) is 0 Å². The van der Waals surface area contributed by atoms with Gasteiger partial charge in [0, 0.05) is 12.0 Å². The summed E-state index contributed by atoms with van der Waals surface area (Å²) in [6.45, 7) is 4.15. The van der Waals surface area contributed by atoms with Gasteiger partial charge in [-0.25, -0.2) is 13.1 Å². The van der Waals surface area contributed by atoms with Crippen LogP contribution < -0.4 is 14.2 Å². The van der Waals surface area contributed by atoms with Gasteiger partial charge in [-0.1, -0.05) is 32.0 Å². The third-order valence-electron chi connectivity index (χ3n) is 5.15. The van der Waals surface area contributed by atoms with Crippen LogP contribution in [0.4, 0.5) is 0 Å². The number of ether oxygens (including phenoxy) is 2. The van der Waals surface area contributed by atoms with Gasteiger partial charge >= 0.3 is 0 Å². The molecule has 1 heterocycles. The average molecular weight is 375 g/mol. The molecule has 1 aliphatic rings. The lowest BCUT2D eigenvalue weighted by atomic mass is 9.84. The average Bonchev–Trinajstić information content (AvgIpc) is 2.67. The van der Waals surface area contributed by atoms with Gasteiger partial charge < -0.3 is 9.47 Å². The molecule has 2 aromatic rings. The van der Waals surface area contributed by atoms with Gasteiger partial charge in [0.1, 0.15) is 17.1 Å². The maximum Gasteiger partial charge on any atom is 0.241 e. The number of benzene rings is 2. The SMILES string of the molecule is CCC1(CC)C[C@H](NS(=O)(=O)c2ccc(OC)cc2)c2ccccc2O1. The van der Waals surface area contributed by atoms with Gasteiger partial charge in [0.05, 0.1) is 18.0 Å². The van der Waals surface area contributed by atoms with Gasteiger partial charge in [-0.05, 0) is 43.2 Å². The number of rotatable bonds is 6. The first kappa shape index (κ1) is 18.7. The number of hydrogen-bond donors (Lipinski definition) is 1. The summed E-state index contributed by atoms with van der Waals surface area (Å²) in [5.41, 5.74) is 0.517. The molecule has 1 N–H and O–H groups in total. The van der Waals surface area contributed by atoms with Gasteiger partial charge in [-0.15, -0.1) is 0 Å². The predicted molar refractivity (Wildman–Crippen MR) is 101 cm³/mol. The van der Waals surface area contributed by atoms with E-state index in [4.69, 9.17) is 9.47 Å². The molecule has 140 valence electrons. The topological polar surface area (TPSA) is 64.6 Å². The lowest BCUT2D eigenvalue weighted by molar-refractivity contribution is 0.0260. The van der Waals surface area contributed by atoms with Crippen LogP contribution in [0.25, 0.3) is 0 Å². The zero-order chi connectivity index (χ0) is 18.8. The highest BCUT2D eigenvalue weighted by Gasteiger charge is 2.39. The molecule has 5 nitrogen and oxygen atoms in total. The van der Waals surface area contributed by atoms with Gasteiger partial charge in [0.25, 0.3) is 0 Å². The highest BCUT2D eigenvalue weighted by atomic mass is 32.2. The molecule has 0 aromatic heterocycles. The van der Waals surface area contributed by atoms with Gasteiger partial charge in [-0.3, -0.25) is 0 Å². The fourth-order valence-electron chi connectivity index (χ4n) is 3.42. The molecule has 0 fully saturated rings. The maximum atomic E-state index is 12.9. The van der Waals surface area contributed by atoms with Crippen LogP contribution in [0.15, 0.2) is 53.4 Å². The Kier molecular flexibility index (Phi) is 5.25. The summed E-state index contributed by atoms with van der Waals surface area (Å²) in [6.07, 6.45) is 2.24. The lowest BCUT2D eigenvalue weighted by Gasteiger charge is -2.41. The monoisotopic (exact) mass is 375 g/mol. The molecule has 0 spiro atoms. The smallest absolute Gasteiger partial charge is 0.241 e. The van der Waals surface area contributed by atoms with Crippen molar-refractivity contribution in [2.75, 3.05) is 7.11 Å². The van der Waals surface area contributed by atoms with Crippen molar-refractivity contribution in [1.29, 1.82) is 0 Å². The van der Waals surface area contributed by atoms with Gasteiger partial charge in [0.15, 0.2) is 0 Å². The van der Waals surface area contributed by atoms with Crippen molar-refractivity contribution in [1.82, 2.24) is 4.72 Å². The Morgan fingerprint density at radius 3 is 2.38 bits per heavy atom. The normalized spacial score (nSPS) is 18.7. The lowest BCUT2D eigenvalue weighted by Crippen LogP contribution is -2.44. The Bertz CT molecular complexity index is 858. The molecule has 0 saturated carbocycles. The Hall–Kier alpha value is -2.05. The Balaban J connectivity index is 1.94. The molecule has 0 radical (unpaired) electrons. The van der Waals surface area contributed by atoms with E-state index >= 15 is 0 Å². The summed E-state index contributed by atoms with van der Waals surface area (Å²) >= 11 is 0. The molecule has 2 aromatic carbocycles. The minimum absolute atomic E-state index is 0.223. The van der Waals surface area contributed by atoms with Crippen molar-refractivity contribution in [2.45, 2.75) is 49.6 Å². The van der Waals surface area contributed by atoms with E-state index in [1.54, 1.807) is 31.4 Å². The summed E-state index contributed by atoms with van der Waals surface area (Å²) in [5, 5.41) is 0. The van der Waals surface area contributed by atoms with E-state index < -0.39 is 10.0 Å². The van der Waals surface area contributed by atoms with E-state index in [9.17, 15) is 8.42 Å². The summed E-state index contributed by atoms with van der Waals surface area (Å²) < 4.78 is 40.0. The van der Waals surface area contributed by atoms with E-state index in [1.807, 2.05) is 24.3 Å². The zero-order valence-electron chi connectivity index (χ0n) is 15.4. The van der Waals surface area contributed by atoms with Crippen LogP contribution in [0.2, 0.25) is 0 Å². The molecule has 1 atom stereocenters. The van der Waals surface area contributed by atoms with Crippen molar-refractivity contribution < 1.29 is 17.9 Å². The van der Waals surface area contributed by atoms with E-state index in [-0.39, 0.29) is 16.5 Å². The first-order valence-corrected chi connectivity index (χ1v) is 10.4. The van der Waals surface area contributed by atoms with Crippen LogP contribution in [-0.2, 0) is 10.0 Å². The second-order valence-corrected chi connectivity index (χ2v) is 8.30. The second kappa shape index (κ2) is 7.29. The third kappa shape index (κ3) is 3.57. The Morgan fingerprint density at radius 1 is 1.12 bits per heavy atom. The summed E-state index contributed by atoms with van der Waals surface area (Å²) in [6, 6.07) is 13.7. The zero-order valence-corrected chi connectivity index (χ0v) is 16.2. The number of methoxy groups -OCH3 is 1. The molecule has 6 heteroatoms. The number of hydrogen-bond acceptors (Lipinski definition) is 4. The van der Waals surface area contributed by atoms with E-state index in [2.05, 4.69) is 18.6 Å². The minimum atomic E-state index is -3.66. The Labute approximate surface area is 155 Å². The second-order valence-electron chi connectivity index (χ2n) is 6.58. The molecule has 1 aliphatic heterocycles. The molecule has 3 rings (SSSR count). The van der Waals surface area contributed by atoms with E-state index in [0.717, 1.165) is 24.2 Å². The van der Waals surface area contributed by atoms with Gasteiger partial charge in [0.2, 0.25) is 10.0 Å². The summed E-state index contributed by atoms with van der Waals surface area (Å²) in [4.78, 5) is 0.223. The largest absolute Gasteiger partial charge is 0.497 e. The molecule has 0 saturated heterocycles. The molecular formula is C20H25NO4S. The van der Waals surface area contributed by atoms with Crippen LogP contribution in [0.5, 0.6) is 11.5 Å². The van der Waals surface area contributed by atoms with Crippen molar-refractivity contribution >= 4 is 10.0 Å². The van der Waals surface area contributed by atoms with Crippen LogP contribution in [0.1, 0.15) is 44.7 Å².